The lowest BCUT2D eigenvalue weighted by Gasteiger charge is -2.32. The summed E-state index contributed by atoms with van der Waals surface area (Å²) in [6, 6.07) is 6.20. The van der Waals surface area contributed by atoms with Crippen molar-refractivity contribution in [1.29, 1.82) is 0 Å². The van der Waals surface area contributed by atoms with Gasteiger partial charge in [-0.05, 0) is 43.4 Å². The van der Waals surface area contributed by atoms with Crippen LogP contribution in [0, 0.1) is 5.82 Å². The zero-order valence-electron chi connectivity index (χ0n) is 12.8. The monoisotopic (exact) mass is 321 g/mol. The van der Waals surface area contributed by atoms with Crippen molar-refractivity contribution in [2.45, 2.75) is 56.3 Å². The van der Waals surface area contributed by atoms with Crippen molar-refractivity contribution in [3.05, 3.63) is 35.6 Å². The Morgan fingerprint density at radius 1 is 1.13 bits per heavy atom. The predicted molar refractivity (Wildman–Crippen MR) is 80.2 cm³/mol. The predicted octanol–water partition coefficient (Wildman–Crippen LogP) is 2.34. The third kappa shape index (κ3) is 3.22. The molecule has 2 fully saturated rings. The first-order valence-corrected chi connectivity index (χ1v) is 7.96. The van der Waals surface area contributed by atoms with Crippen LogP contribution in [0.25, 0.3) is 0 Å². The average Bonchev–Trinajstić information content (AvgIpc) is 3.17. The van der Waals surface area contributed by atoms with Crippen molar-refractivity contribution >= 4 is 11.9 Å². The Morgan fingerprint density at radius 2 is 1.74 bits per heavy atom. The van der Waals surface area contributed by atoms with Crippen molar-refractivity contribution in [3.63, 3.8) is 0 Å². The molecule has 0 bridgehead atoms. The van der Waals surface area contributed by atoms with Crippen LogP contribution >= 0.6 is 0 Å². The minimum Gasteiger partial charge on any atom is -0.479 e. The molecule has 5 nitrogen and oxygen atoms in total. The van der Waals surface area contributed by atoms with Gasteiger partial charge in [-0.1, -0.05) is 25.0 Å². The first-order chi connectivity index (χ1) is 11.0. The molecule has 1 saturated carbocycles. The summed E-state index contributed by atoms with van der Waals surface area (Å²) >= 11 is 0. The molecule has 1 aromatic carbocycles. The molecule has 1 aromatic rings. The fourth-order valence-corrected chi connectivity index (χ4v) is 3.56. The summed E-state index contributed by atoms with van der Waals surface area (Å²) in [5.74, 6) is -1.62. The summed E-state index contributed by atoms with van der Waals surface area (Å²) in [5, 5.41) is 12.0. The fraction of sp³-hybridized carbons (Fsp3) is 0.529. The van der Waals surface area contributed by atoms with Gasteiger partial charge in [0.1, 0.15) is 11.9 Å². The Kier molecular flexibility index (Phi) is 4.35. The summed E-state index contributed by atoms with van der Waals surface area (Å²) in [4.78, 5) is 23.5. The van der Waals surface area contributed by atoms with Gasteiger partial charge in [-0.15, -0.1) is 0 Å². The van der Waals surface area contributed by atoms with Crippen LogP contribution in [0.3, 0.4) is 0 Å². The van der Waals surface area contributed by atoms with E-state index in [1.165, 1.54) is 12.1 Å². The zero-order valence-corrected chi connectivity index (χ0v) is 12.8. The molecule has 1 aliphatic heterocycles. The molecule has 0 spiro atoms. The molecule has 3 rings (SSSR count). The van der Waals surface area contributed by atoms with Crippen LogP contribution in [0.2, 0.25) is 0 Å². The second-order valence-electron chi connectivity index (χ2n) is 6.31. The molecule has 23 heavy (non-hydrogen) atoms. The lowest BCUT2D eigenvalue weighted by molar-refractivity contribution is -0.152. The van der Waals surface area contributed by atoms with E-state index in [0.29, 0.717) is 12.8 Å². The van der Waals surface area contributed by atoms with E-state index in [2.05, 4.69) is 5.32 Å². The van der Waals surface area contributed by atoms with Gasteiger partial charge in [-0.3, -0.25) is 4.79 Å². The highest BCUT2D eigenvalue weighted by atomic mass is 19.1. The van der Waals surface area contributed by atoms with Gasteiger partial charge < -0.3 is 15.2 Å². The minimum absolute atomic E-state index is 0.278. The lowest BCUT2D eigenvalue weighted by atomic mass is 9.87. The van der Waals surface area contributed by atoms with E-state index in [1.807, 2.05) is 0 Å². The topological polar surface area (TPSA) is 75.6 Å². The Bertz CT molecular complexity index is 595. The molecule has 0 radical (unpaired) electrons. The molecule has 2 N–H and O–H groups in total. The number of carboxylic acid groups (broad SMARTS) is 1. The number of carbonyl (C=O) groups excluding carboxylic acids is 1. The van der Waals surface area contributed by atoms with E-state index in [4.69, 9.17) is 9.84 Å². The van der Waals surface area contributed by atoms with E-state index in [9.17, 15) is 14.0 Å². The number of hydrogen-bond donors (Lipinski definition) is 2. The number of amides is 1. The number of carbonyl (C=O) groups is 2. The van der Waals surface area contributed by atoms with Crippen LogP contribution in [0.15, 0.2) is 24.3 Å². The summed E-state index contributed by atoms with van der Waals surface area (Å²) < 4.78 is 18.5. The van der Waals surface area contributed by atoms with Crippen LogP contribution < -0.4 is 5.32 Å². The Balaban J connectivity index is 1.74. The summed E-state index contributed by atoms with van der Waals surface area (Å²) in [7, 11) is 0. The maximum atomic E-state index is 13.2. The quantitative estimate of drug-likeness (QED) is 0.892. The van der Waals surface area contributed by atoms with E-state index < -0.39 is 23.7 Å². The van der Waals surface area contributed by atoms with Gasteiger partial charge in [0.05, 0.1) is 5.54 Å². The number of ether oxygens (including phenoxy) is 1. The molecular formula is C17H20FNO4. The van der Waals surface area contributed by atoms with Crippen molar-refractivity contribution in [3.8, 4) is 0 Å². The van der Waals surface area contributed by atoms with Crippen LogP contribution in [-0.4, -0.2) is 29.2 Å². The zero-order chi connectivity index (χ0) is 16.4. The molecular weight excluding hydrogens is 301 g/mol. The van der Waals surface area contributed by atoms with Gasteiger partial charge in [0.2, 0.25) is 5.91 Å². The molecule has 6 heteroatoms. The van der Waals surface area contributed by atoms with Gasteiger partial charge in [-0.25, -0.2) is 9.18 Å². The number of halogens is 1. The average molecular weight is 321 g/mol. The summed E-state index contributed by atoms with van der Waals surface area (Å²) in [6.45, 7) is 0. The molecule has 0 aromatic heterocycles. The first kappa shape index (κ1) is 15.9. The van der Waals surface area contributed by atoms with E-state index in [-0.39, 0.29) is 11.7 Å². The van der Waals surface area contributed by atoms with Gasteiger partial charge in [-0.2, -0.15) is 0 Å². The summed E-state index contributed by atoms with van der Waals surface area (Å²) in [6.07, 6.45) is 2.67. The van der Waals surface area contributed by atoms with Gasteiger partial charge in [0, 0.05) is 0 Å². The highest BCUT2D eigenvalue weighted by Crippen LogP contribution is 2.39. The van der Waals surface area contributed by atoms with Crippen LogP contribution in [0.5, 0.6) is 0 Å². The van der Waals surface area contributed by atoms with Crippen LogP contribution in [-0.2, 0) is 19.9 Å². The molecule has 1 amide bonds. The number of carboxylic acids is 1. The lowest BCUT2D eigenvalue weighted by Crippen LogP contribution is -2.48. The van der Waals surface area contributed by atoms with E-state index >= 15 is 0 Å². The van der Waals surface area contributed by atoms with Crippen LogP contribution in [0.1, 0.15) is 44.1 Å². The van der Waals surface area contributed by atoms with Crippen molar-refractivity contribution < 1.29 is 23.8 Å². The highest BCUT2D eigenvalue weighted by molar-refractivity contribution is 5.83. The molecule has 2 atom stereocenters. The van der Waals surface area contributed by atoms with E-state index in [1.54, 1.807) is 12.1 Å². The van der Waals surface area contributed by atoms with Crippen molar-refractivity contribution in [2.24, 2.45) is 0 Å². The maximum Gasteiger partial charge on any atom is 0.332 e. The molecule has 124 valence electrons. The Morgan fingerprint density at radius 3 is 2.30 bits per heavy atom. The molecule has 2 aliphatic rings. The molecule has 1 saturated heterocycles. The van der Waals surface area contributed by atoms with Gasteiger partial charge >= 0.3 is 5.97 Å². The first-order valence-electron chi connectivity index (χ1n) is 7.96. The van der Waals surface area contributed by atoms with Crippen molar-refractivity contribution in [1.82, 2.24) is 5.32 Å². The second-order valence-corrected chi connectivity index (χ2v) is 6.31. The largest absolute Gasteiger partial charge is 0.479 e. The Hall–Kier alpha value is -1.95. The number of aliphatic carboxylic acids is 1. The van der Waals surface area contributed by atoms with Gasteiger partial charge in [0.25, 0.3) is 0 Å². The number of benzene rings is 1. The maximum absolute atomic E-state index is 13.2. The fourth-order valence-electron chi connectivity index (χ4n) is 3.56. The third-order valence-corrected chi connectivity index (χ3v) is 4.80. The molecule has 1 heterocycles. The Labute approximate surface area is 133 Å². The standard InChI is InChI=1S/C17H20FNO4/c18-12-5-3-11(4-6-12)17(9-1-2-10-17)19-15(20)13-7-8-14(23-13)16(21)22/h3-6,13-14H,1-2,7-10H2,(H,19,20)(H,21,22)/t13-,14+/m0/s1. The third-order valence-electron chi connectivity index (χ3n) is 4.80. The summed E-state index contributed by atoms with van der Waals surface area (Å²) in [5.41, 5.74) is 0.382. The minimum atomic E-state index is -1.03. The van der Waals surface area contributed by atoms with Gasteiger partial charge in [0.15, 0.2) is 6.10 Å². The highest BCUT2D eigenvalue weighted by Gasteiger charge is 2.41. The molecule has 1 aliphatic carbocycles. The van der Waals surface area contributed by atoms with E-state index in [0.717, 1.165) is 31.2 Å². The van der Waals surface area contributed by atoms with Crippen molar-refractivity contribution in [2.75, 3.05) is 0 Å². The normalized spacial score (nSPS) is 26.1. The number of nitrogens with one attached hydrogen (secondary N) is 1. The molecule has 0 unspecified atom stereocenters. The van der Waals surface area contributed by atoms with Crippen LogP contribution in [0.4, 0.5) is 4.39 Å². The smallest absolute Gasteiger partial charge is 0.332 e. The second kappa shape index (κ2) is 6.28. The number of hydrogen-bond acceptors (Lipinski definition) is 3. The number of rotatable bonds is 4. The SMILES string of the molecule is O=C(NC1(c2ccc(F)cc2)CCCC1)[C@@H]1CC[C@H](C(=O)O)O1.